The summed E-state index contributed by atoms with van der Waals surface area (Å²) in [6.45, 7) is 6.58. The first-order valence-electron chi connectivity index (χ1n) is 8.42. The van der Waals surface area contributed by atoms with Crippen molar-refractivity contribution in [3.63, 3.8) is 0 Å². The standard InChI is InChI=1S/C19H21BrN2O4S/c1-5-22(6-2)18(24)15-11(3)14(19(25)26-4)17(27-15)21-16(23)12-9-7-8-10-13(12)20/h7-10H,5-6H2,1-4H3,(H,21,23). The molecule has 2 rings (SSSR count). The number of nitrogens with one attached hydrogen (secondary N) is 1. The minimum Gasteiger partial charge on any atom is -0.465 e. The third-order valence-corrected chi connectivity index (χ3v) is 6.01. The van der Waals surface area contributed by atoms with Gasteiger partial charge in [0.1, 0.15) is 5.00 Å². The third-order valence-electron chi connectivity index (χ3n) is 4.13. The first-order chi connectivity index (χ1) is 12.8. The molecule has 0 spiro atoms. The number of methoxy groups -OCH3 is 1. The van der Waals surface area contributed by atoms with Crippen LogP contribution >= 0.6 is 27.3 Å². The summed E-state index contributed by atoms with van der Waals surface area (Å²) in [5.74, 6) is -1.14. The number of nitrogens with zero attached hydrogens (tertiary/aromatic N) is 1. The highest BCUT2D eigenvalue weighted by Gasteiger charge is 2.28. The Kier molecular flexibility index (Phi) is 7.15. The fourth-order valence-electron chi connectivity index (χ4n) is 2.62. The molecule has 1 aromatic carbocycles. The van der Waals surface area contributed by atoms with Crippen molar-refractivity contribution in [2.75, 3.05) is 25.5 Å². The number of esters is 1. The van der Waals surface area contributed by atoms with E-state index in [1.807, 2.05) is 13.8 Å². The van der Waals surface area contributed by atoms with Crippen molar-refractivity contribution < 1.29 is 19.1 Å². The Labute approximate surface area is 170 Å². The first kappa shape index (κ1) is 21.1. The summed E-state index contributed by atoms with van der Waals surface area (Å²) in [6.07, 6.45) is 0. The largest absolute Gasteiger partial charge is 0.465 e. The van der Waals surface area contributed by atoms with Crippen LogP contribution in [0.3, 0.4) is 0 Å². The Morgan fingerprint density at radius 2 is 1.81 bits per heavy atom. The van der Waals surface area contributed by atoms with E-state index in [0.717, 1.165) is 11.3 Å². The highest BCUT2D eigenvalue weighted by Crippen LogP contribution is 2.35. The zero-order valence-corrected chi connectivity index (χ0v) is 18.0. The van der Waals surface area contributed by atoms with Gasteiger partial charge in [0.05, 0.1) is 23.1 Å². The molecule has 1 N–H and O–H groups in total. The number of halogens is 1. The van der Waals surface area contributed by atoms with E-state index in [1.54, 1.807) is 36.1 Å². The minimum absolute atomic E-state index is 0.172. The minimum atomic E-state index is -0.593. The Hall–Kier alpha value is -2.19. The summed E-state index contributed by atoms with van der Waals surface area (Å²) < 4.78 is 5.49. The van der Waals surface area contributed by atoms with Crippen molar-refractivity contribution in [3.8, 4) is 0 Å². The monoisotopic (exact) mass is 452 g/mol. The number of rotatable bonds is 6. The van der Waals surface area contributed by atoms with Crippen molar-refractivity contribution in [1.29, 1.82) is 0 Å². The van der Waals surface area contributed by atoms with Gasteiger partial charge in [-0.05, 0) is 54.4 Å². The highest BCUT2D eigenvalue weighted by atomic mass is 79.9. The van der Waals surface area contributed by atoms with E-state index in [1.165, 1.54) is 7.11 Å². The Balaban J connectivity index is 2.47. The van der Waals surface area contributed by atoms with Gasteiger partial charge >= 0.3 is 5.97 Å². The van der Waals surface area contributed by atoms with Crippen LogP contribution in [0.15, 0.2) is 28.7 Å². The molecule has 27 heavy (non-hydrogen) atoms. The van der Waals surface area contributed by atoms with Gasteiger partial charge in [0, 0.05) is 17.6 Å². The van der Waals surface area contributed by atoms with E-state index in [0.29, 0.717) is 38.6 Å². The lowest BCUT2D eigenvalue weighted by Crippen LogP contribution is -2.30. The van der Waals surface area contributed by atoms with Gasteiger partial charge in [-0.15, -0.1) is 11.3 Å². The van der Waals surface area contributed by atoms with Crippen molar-refractivity contribution in [2.45, 2.75) is 20.8 Å². The molecule has 0 fully saturated rings. The average Bonchev–Trinajstić information content (AvgIpc) is 2.98. The second-order valence-corrected chi connectivity index (χ2v) is 7.54. The molecule has 1 aromatic heterocycles. The highest BCUT2D eigenvalue weighted by molar-refractivity contribution is 9.10. The second kappa shape index (κ2) is 9.14. The fourth-order valence-corrected chi connectivity index (χ4v) is 4.25. The van der Waals surface area contributed by atoms with E-state index < -0.39 is 5.97 Å². The average molecular weight is 453 g/mol. The van der Waals surface area contributed by atoms with Crippen molar-refractivity contribution in [3.05, 3.63) is 50.3 Å². The molecule has 8 heteroatoms. The van der Waals surface area contributed by atoms with Gasteiger partial charge in [0.25, 0.3) is 11.8 Å². The predicted octanol–water partition coefficient (Wildman–Crippen LogP) is 4.34. The molecule has 1 heterocycles. The van der Waals surface area contributed by atoms with Crippen LogP contribution in [0.25, 0.3) is 0 Å². The van der Waals surface area contributed by atoms with Crippen LogP contribution < -0.4 is 5.32 Å². The molecular weight excluding hydrogens is 432 g/mol. The summed E-state index contributed by atoms with van der Waals surface area (Å²) in [7, 11) is 1.27. The van der Waals surface area contributed by atoms with Crippen LogP contribution in [-0.4, -0.2) is 42.9 Å². The number of anilines is 1. The lowest BCUT2D eigenvalue weighted by molar-refractivity contribution is 0.0601. The van der Waals surface area contributed by atoms with Crippen LogP contribution in [0, 0.1) is 6.92 Å². The van der Waals surface area contributed by atoms with Gasteiger partial charge in [-0.2, -0.15) is 0 Å². The van der Waals surface area contributed by atoms with E-state index >= 15 is 0 Å². The van der Waals surface area contributed by atoms with Crippen LogP contribution in [0.1, 0.15) is 49.8 Å². The molecule has 6 nitrogen and oxygen atoms in total. The summed E-state index contributed by atoms with van der Waals surface area (Å²) in [4.78, 5) is 39.8. The molecule has 0 saturated carbocycles. The van der Waals surface area contributed by atoms with Crippen LogP contribution in [-0.2, 0) is 4.74 Å². The Bertz CT molecular complexity index is 875. The first-order valence-corrected chi connectivity index (χ1v) is 10.0. The second-order valence-electron chi connectivity index (χ2n) is 5.66. The molecule has 0 radical (unpaired) electrons. The van der Waals surface area contributed by atoms with Gasteiger partial charge in [0.2, 0.25) is 0 Å². The molecule has 0 aliphatic heterocycles. The Morgan fingerprint density at radius 1 is 1.19 bits per heavy atom. The summed E-state index contributed by atoms with van der Waals surface area (Å²) in [5, 5.41) is 3.05. The zero-order chi connectivity index (χ0) is 20.1. The van der Waals surface area contributed by atoms with Gasteiger partial charge < -0.3 is 15.0 Å². The van der Waals surface area contributed by atoms with E-state index in [4.69, 9.17) is 4.74 Å². The molecule has 2 amide bonds. The van der Waals surface area contributed by atoms with Gasteiger partial charge in [-0.3, -0.25) is 9.59 Å². The SMILES string of the molecule is CCN(CC)C(=O)c1sc(NC(=O)c2ccccc2Br)c(C(=O)OC)c1C. The summed E-state index contributed by atoms with van der Waals surface area (Å²) in [6, 6.07) is 6.97. The lowest BCUT2D eigenvalue weighted by Gasteiger charge is -2.17. The molecule has 0 aliphatic carbocycles. The summed E-state index contributed by atoms with van der Waals surface area (Å²) >= 11 is 4.43. The quantitative estimate of drug-likeness (QED) is 0.661. The van der Waals surface area contributed by atoms with Crippen LogP contribution in [0.5, 0.6) is 0 Å². The molecule has 0 unspecified atom stereocenters. The number of hydrogen-bond donors (Lipinski definition) is 1. The molecule has 2 aromatic rings. The number of carbonyl (C=O) groups excluding carboxylic acids is 3. The maximum absolute atomic E-state index is 12.8. The number of amides is 2. The van der Waals surface area contributed by atoms with E-state index in [2.05, 4.69) is 21.2 Å². The summed E-state index contributed by atoms with van der Waals surface area (Å²) in [5.41, 5.74) is 1.14. The molecule has 0 saturated heterocycles. The number of thiophene rings is 1. The zero-order valence-electron chi connectivity index (χ0n) is 15.6. The normalized spacial score (nSPS) is 10.4. The maximum Gasteiger partial charge on any atom is 0.341 e. The molecule has 0 aliphatic rings. The van der Waals surface area contributed by atoms with Crippen LogP contribution in [0.2, 0.25) is 0 Å². The number of hydrogen-bond acceptors (Lipinski definition) is 5. The number of benzene rings is 1. The third kappa shape index (κ3) is 4.39. The molecule has 144 valence electrons. The van der Waals surface area contributed by atoms with Gasteiger partial charge in [0.15, 0.2) is 0 Å². The van der Waals surface area contributed by atoms with Crippen LogP contribution in [0.4, 0.5) is 5.00 Å². The van der Waals surface area contributed by atoms with Gasteiger partial charge in [-0.25, -0.2) is 4.79 Å². The van der Waals surface area contributed by atoms with Crippen molar-refractivity contribution in [2.24, 2.45) is 0 Å². The molecular formula is C19H21BrN2O4S. The fraction of sp³-hybridized carbons (Fsp3) is 0.316. The molecule has 0 atom stereocenters. The smallest absolute Gasteiger partial charge is 0.341 e. The molecule has 0 bridgehead atoms. The predicted molar refractivity (Wildman–Crippen MR) is 110 cm³/mol. The topological polar surface area (TPSA) is 75.7 Å². The van der Waals surface area contributed by atoms with Gasteiger partial charge in [-0.1, -0.05) is 12.1 Å². The number of ether oxygens (including phenoxy) is 1. The van der Waals surface area contributed by atoms with Crippen molar-refractivity contribution >= 4 is 50.1 Å². The maximum atomic E-state index is 12.8. The van der Waals surface area contributed by atoms with E-state index in [-0.39, 0.29) is 17.4 Å². The van der Waals surface area contributed by atoms with Crippen molar-refractivity contribution in [1.82, 2.24) is 4.90 Å². The number of carbonyl (C=O) groups is 3. The lowest BCUT2D eigenvalue weighted by atomic mass is 10.1. The van der Waals surface area contributed by atoms with E-state index in [9.17, 15) is 14.4 Å². The Morgan fingerprint density at radius 3 is 2.37 bits per heavy atom.